The fourth-order valence-corrected chi connectivity index (χ4v) is 3.63. The maximum Gasteiger partial charge on any atom is 0.416 e. The van der Waals surface area contributed by atoms with Crippen molar-refractivity contribution >= 4 is 5.91 Å². The molecule has 0 bridgehead atoms. The maximum absolute atomic E-state index is 13.1. The van der Waals surface area contributed by atoms with Crippen LogP contribution >= 0.6 is 0 Å². The van der Waals surface area contributed by atoms with Crippen molar-refractivity contribution in [3.63, 3.8) is 0 Å². The normalized spacial score (nSPS) is 18.3. The molecule has 1 aliphatic rings. The van der Waals surface area contributed by atoms with Crippen molar-refractivity contribution in [2.75, 3.05) is 20.2 Å². The van der Waals surface area contributed by atoms with Crippen LogP contribution in [-0.4, -0.2) is 32.2 Å². The summed E-state index contributed by atoms with van der Waals surface area (Å²) in [6.45, 7) is 0.566. The first-order chi connectivity index (χ1) is 12.3. The number of nitrogens with two attached hydrogens (primary N) is 1. The molecule has 3 N–H and O–H groups in total. The average Bonchev–Trinajstić information content (AvgIpc) is 2.64. The minimum absolute atomic E-state index is 0.145. The third-order valence-corrected chi connectivity index (χ3v) is 5.25. The summed E-state index contributed by atoms with van der Waals surface area (Å²) in [6.07, 6.45) is -0.115. The van der Waals surface area contributed by atoms with Gasteiger partial charge in [-0.2, -0.15) is 13.2 Å². The van der Waals surface area contributed by atoms with Crippen LogP contribution < -0.4 is 11.1 Å². The van der Waals surface area contributed by atoms with Crippen LogP contribution in [0.1, 0.15) is 49.7 Å². The molecule has 0 radical (unpaired) electrons. The van der Waals surface area contributed by atoms with Crippen molar-refractivity contribution in [3.05, 3.63) is 35.4 Å². The van der Waals surface area contributed by atoms with E-state index in [1.54, 1.807) is 6.07 Å². The predicted octanol–water partition coefficient (Wildman–Crippen LogP) is 3.39. The van der Waals surface area contributed by atoms with E-state index in [9.17, 15) is 18.0 Å². The molecular weight excluding hydrogens is 345 g/mol. The number of rotatable bonds is 7. The van der Waals surface area contributed by atoms with Crippen LogP contribution in [0.3, 0.4) is 0 Å². The second-order valence-corrected chi connectivity index (χ2v) is 6.99. The van der Waals surface area contributed by atoms with E-state index < -0.39 is 17.2 Å². The molecule has 7 heteroatoms. The molecule has 0 aromatic heterocycles. The zero-order chi connectivity index (χ0) is 19.2. The third-order valence-electron chi connectivity index (χ3n) is 5.25. The molecule has 1 aromatic rings. The molecule has 1 fully saturated rings. The number of nitrogens with one attached hydrogen (secondary N) is 1. The third kappa shape index (κ3) is 5.20. The van der Waals surface area contributed by atoms with E-state index in [2.05, 4.69) is 5.32 Å². The minimum Gasteiger partial charge on any atom is -0.380 e. The second kappa shape index (κ2) is 8.86. The van der Waals surface area contributed by atoms with Crippen molar-refractivity contribution in [1.82, 2.24) is 5.32 Å². The molecule has 146 valence electrons. The first kappa shape index (κ1) is 20.7. The summed E-state index contributed by atoms with van der Waals surface area (Å²) >= 11 is 0. The molecule has 1 unspecified atom stereocenters. The number of benzene rings is 1. The van der Waals surface area contributed by atoms with E-state index >= 15 is 0 Å². The van der Waals surface area contributed by atoms with Crippen molar-refractivity contribution in [1.29, 1.82) is 0 Å². The number of amides is 1. The van der Waals surface area contributed by atoms with Crippen LogP contribution in [0.25, 0.3) is 0 Å². The number of methoxy groups -OCH3 is 1. The van der Waals surface area contributed by atoms with Crippen LogP contribution in [0.4, 0.5) is 13.2 Å². The Labute approximate surface area is 152 Å². The highest BCUT2D eigenvalue weighted by atomic mass is 19.4. The topological polar surface area (TPSA) is 64.3 Å². The Balaban J connectivity index is 2.17. The Morgan fingerprint density at radius 2 is 2.00 bits per heavy atom. The summed E-state index contributed by atoms with van der Waals surface area (Å²) in [5.41, 5.74) is 5.08. The summed E-state index contributed by atoms with van der Waals surface area (Å²) in [5, 5.41) is 2.89. The lowest BCUT2D eigenvalue weighted by Crippen LogP contribution is -2.43. The summed E-state index contributed by atoms with van der Waals surface area (Å²) in [7, 11) is 1.50. The van der Waals surface area contributed by atoms with Crippen LogP contribution in [0.5, 0.6) is 0 Å². The van der Waals surface area contributed by atoms with Gasteiger partial charge in [0.25, 0.3) is 0 Å². The van der Waals surface area contributed by atoms with Crippen molar-refractivity contribution < 1.29 is 22.7 Å². The molecule has 2 rings (SSSR count). The summed E-state index contributed by atoms with van der Waals surface area (Å²) in [4.78, 5) is 12.2. The molecule has 1 amide bonds. The lowest BCUT2D eigenvalue weighted by Gasteiger charge is -2.38. The van der Waals surface area contributed by atoms with Crippen LogP contribution in [0.15, 0.2) is 24.3 Å². The van der Waals surface area contributed by atoms with Gasteiger partial charge in [0.15, 0.2) is 0 Å². The first-order valence-electron chi connectivity index (χ1n) is 8.98. The highest BCUT2D eigenvalue weighted by molar-refractivity contribution is 5.76. The number of carbonyl (C=O) groups excluding carboxylic acids is 1. The Morgan fingerprint density at radius 3 is 2.58 bits per heavy atom. The zero-order valence-corrected chi connectivity index (χ0v) is 15.1. The number of ether oxygens (including phenoxy) is 1. The van der Waals surface area contributed by atoms with Crippen LogP contribution in [-0.2, 0) is 21.1 Å². The number of carbonyl (C=O) groups is 1. The molecule has 1 atom stereocenters. The van der Waals surface area contributed by atoms with Crippen LogP contribution in [0, 0.1) is 0 Å². The SMILES string of the molecule is COC(CN)CC(=O)NCC1(c2cccc(C(F)(F)F)c2)CCCCC1. The minimum atomic E-state index is -4.37. The molecule has 1 aromatic carbocycles. The molecule has 4 nitrogen and oxygen atoms in total. The smallest absolute Gasteiger partial charge is 0.380 e. The molecular formula is C19H27F3N2O2. The van der Waals surface area contributed by atoms with Gasteiger partial charge in [0.1, 0.15) is 0 Å². The zero-order valence-electron chi connectivity index (χ0n) is 15.1. The number of hydrogen-bond donors (Lipinski definition) is 2. The fourth-order valence-electron chi connectivity index (χ4n) is 3.63. The van der Waals surface area contributed by atoms with Gasteiger partial charge < -0.3 is 15.8 Å². The molecule has 0 heterocycles. The Kier molecular flexibility index (Phi) is 7.06. The molecule has 0 saturated heterocycles. The molecule has 1 saturated carbocycles. The lowest BCUT2D eigenvalue weighted by molar-refractivity contribution is -0.137. The van der Waals surface area contributed by atoms with Crippen molar-refractivity contribution in [3.8, 4) is 0 Å². The molecule has 26 heavy (non-hydrogen) atoms. The maximum atomic E-state index is 13.1. The highest BCUT2D eigenvalue weighted by Gasteiger charge is 2.37. The number of alkyl halides is 3. The predicted molar refractivity (Wildman–Crippen MR) is 93.7 cm³/mol. The van der Waals surface area contributed by atoms with Gasteiger partial charge in [-0.3, -0.25) is 4.79 Å². The number of halogens is 3. The Bertz CT molecular complexity index is 595. The monoisotopic (exact) mass is 372 g/mol. The van der Waals surface area contributed by atoms with Gasteiger partial charge in [-0.05, 0) is 24.5 Å². The van der Waals surface area contributed by atoms with Crippen molar-refractivity contribution in [2.45, 2.75) is 56.2 Å². The fraction of sp³-hybridized carbons (Fsp3) is 0.632. The van der Waals surface area contributed by atoms with Gasteiger partial charge in [-0.1, -0.05) is 37.5 Å². The average molecular weight is 372 g/mol. The summed E-state index contributed by atoms with van der Waals surface area (Å²) in [6, 6.07) is 5.51. The molecule has 0 spiro atoms. The van der Waals surface area contributed by atoms with Gasteiger partial charge >= 0.3 is 6.18 Å². The van der Waals surface area contributed by atoms with E-state index in [1.165, 1.54) is 19.2 Å². The second-order valence-electron chi connectivity index (χ2n) is 6.99. The quantitative estimate of drug-likeness (QED) is 0.771. The van der Waals surface area contributed by atoms with Gasteiger partial charge in [-0.25, -0.2) is 0 Å². The number of hydrogen-bond acceptors (Lipinski definition) is 3. The first-order valence-corrected chi connectivity index (χ1v) is 8.98. The van der Waals surface area contributed by atoms with Crippen LogP contribution in [0.2, 0.25) is 0 Å². The Morgan fingerprint density at radius 1 is 1.31 bits per heavy atom. The van der Waals surface area contributed by atoms with E-state index in [1.807, 2.05) is 0 Å². The van der Waals surface area contributed by atoms with Crippen molar-refractivity contribution in [2.24, 2.45) is 5.73 Å². The van der Waals surface area contributed by atoms with Gasteiger partial charge in [0.05, 0.1) is 18.1 Å². The van der Waals surface area contributed by atoms with Gasteiger partial charge in [0.2, 0.25) is 5.91 Å². The van der Waals surface area contributed by atoms with E-state index in [0.29, 0.717) is 12.1 Å². The van der Waals surface area contributed by atoms with Gasteiger partial charge in [-0.15, -0.1) is 0 Å². The van der Waals surface area contributed by atoms with E-state index in [0.717, 1.165) is 38.2 Å². The lowest BCUT2D eigenvalue weighted by atomic mass is 9.69. The highest BCUT2D eigenvalue weighted by Crippen LogP contribution is 2.41. The van der Waals surface area contributed by atoms with Gasteiger partial charge in [0, 0.05) is 25.6 Å². The summed E-state index contributed by atoms with van der Waals surface area (Å²) < 4.78 is 44.4. The van der Waals surface area contributed by atoms with E-state index in [-0.39, 0.29) is 25.0 Å². The standard InChI is InChI=1S/C19H27F3N2O2/c1-26-16(12-23)11-17(25)24-13-18(8-3-2-4-9-18)14-6-5-7-15(10-14)19(20,21)22/h5-7,10,16H,2-4,8-9,11-13,23H2,1H3,(H,24,25). The Hall–Kier alpha value is -1.60. The molecule has 1 aliphatic carbocycles. The molecule has 0 aliphatic heterocycles. The summed E-state index contributed by atoms with van der Waals surface area (Å²) in [5.74, 6) is -0.195. The largest absolute Gasteiger partial charge is 0.416 e. The van der Waals surface area contributed by atoms with E-state index in [4.69, 9.17) is 10.5 Å².